The highest BCUT2D eigenvalue weighted by Gasteiger charge is 2.39. The predicted molar refractivity (Wildman–Crippen MR) is 71.0 cm³/mol. The molecule has 0 amide bonds. The molecule has 18 heavy (non-hydrogen) atoms. The summed E-state index contributed by atoms with van der Waals surface area (Å²) in [6, 6.07) is 9.77. The molecule has 1 aliphatic rings. The molecule has 1 N–H and O–H groups in total. The largest absolute Gasteiger partial charge is 0.367 e. The van der Waals surface area contributed by atoms with Gasteiger partial charge in [-0.2, -0.15) is 5.26 Å². The first-order valence-electron chi connectivity index (χ1n) is 5.91. The lowest BCUT2D eigenvalue weighted by atomic mass is 9.96. The maximum absolute atomic E-state index is 11.7. The van der Waals surface area contributed by atoms with Crippen molar-refractivity contribution in [3.8, 4) is 6.07 Å². The number of benzene rings is 1. The second kappa shape index (κ2) is 4.62. The molecule has 1 fully saturated rings. The van der Waals surface area contributed by atoms with E-state index in [1.54, 1.807) is 0 Å². The maximum atomic E-state index is 11.7. The third kappa shape index (κ3) is 2.82. The molecule has 0 bridgehead atoms. The van der Waals surface area contributed by atoms with E-state index in [-0.39, 0.29) is 11.5 Å². The summed E-state index contributed by atoms with van der Waals surface area (Å²) in [7, 11) is -3.12. The van der Waals surface area contributed by atoms with E-state index in [0.717, 1.165) is 11.3 Å². The van der Waals surface area contributed by atoms with Crippen molar-refractivity contribution < 1.29 is 8.42 Å². The summed E-state index contributed by atoms with van der Waals surface area (Å²) < 4.78 is 23.4. The monoisotopic (exact) mass is 264 g/mol. The molecule has 0 aliphatic carbocycles. The van der Waals surface area contributed by atoms with Gasteiger partial charge in [0.05, 0.1) is 17.6 Å². The Kier molecular flexibility index (Phi) is 3.31. The zero-order valence-corrected chi connectivity index (χ0v) is 11.1. The van der Waals surface area contributed by atoms with Crippen LogP contribution in [0.1, 0.15) is 18.4 Å². The van der Waals surface area contributed by atoms with Crippen LogP contribution in [0.25, 0.3) is 0 Å². The number of hydrogen-bond donors (Lipinski definition) is 1. The van der Waals surface area contributed by atoms with Gasteiger partial charge in [-0.25, -0.2) is 8.42 Å². The maximum Gasteiger partial charge on any atom is 0.153 e. The second-order valence-corrected chi connectivity index (χ2v) is 7.07. The normalized spacial score (nSPS) is 26.2. The molecular formula is C13H16N2O2S. The topological polar surface area (TPSA) is 70.0 Å². The lowest BCUT2D eigenvalue weighted by Gasteiger charge is -2.32. The van der Waals surface area contributed by atoms with Crippen LogP contribution in [0, 0.1) is 18.3 Å². The van der Waals surface area contributed by atoms with Gasteiger partial charge in [-0.3, -0.25) is 0 Å². The molecule has 0 spiro atoms. The van der Waals surface area contributed by atoms with Crippen molar-refractivity contribution in [1.82, 2.24) is 0 Å². The van der Waals surface area contributed by atoms with E-state index in [9.17, 15) is 13.7 Å². The molecule has 4 nitrogen and oxygen atoms in total. The minimum absolute atomic E-state index is 0.107. The van der Waals surface area contributed by atoms with Crippen LogP contribution in [0.2, 0.25) is 0 Å². The van der Waals surface area contributed by atoms with Crippen LogP contribution >= 0.6 is 0 Å². The van der Waals surface area contributed by atoms with E-state index in [1.165, 1.54) is 0 Å². The first kappa shape index (κ1) is 12.9. The summed E-state index contributed by atoms with van der Waals surface area (Å²) in [6.07, 6.45) is 1.10. The first-order valence-corrected chi connectivity index (χ1v) is 7.73. The Morgan fingerprint density at radius 1 is 1.44 bits per heavy atom. The van der Waals surface area contributed by atoms with Gasteiger partial charge in [0.2, 0.25) is 0 Å². The van der Waals surface area contributed by atoms with Crippen molar-refractivity contribution in [2.45, 2.75) is 25.3 Å². The number of aryl methyl sites for hydroxylation is 1. The minimum atomic E-state index is -3.12. The van der Waals surface area contributed by atoms with Crippen LogP contribution in [0.15, 0.2) is 24.3 Å². The number of nitriles is 1. The van der Waals surface area contributed by atoms with Crippen molar-refractivity contribution in [3.05, 3.63) is 29.8 Å². The van der Waals surface area contributed by atoms with Crippen LogP contribution < -0.4 is 5.32 Å². The summed E-state index contributed by atoms with van der Waals surface area (Å²) in [5.41, 5.74) is 0.894. The van der Waals surface area contributed by atoms with E-state index in [2.05, 4.69) is 11.4 Å². The Bertz CT molecular complexity index is 589. The highest BCUT2D eigenvalue weighted by Crippen LogP contribution is 2.27. The minimum Gasteiger partial charge on any atom is -0.367 e. The molecule has 5 heteroatoms. The number of rotatable bonds is 2. The van der Waals surface area contributed by atoms with Gasteiger partial charge < -0.3 is 5.32 Å². The van der Waals surface area contributed by atoms with Gasteiger partial charge >= 0.3 is 0 Å². The van der Waals surface area contributed by atoms with Gasteiger partial charge in [0, 0.05) is 5.69 Å². The Morgan fingerprint density at radius 3 is 2.83 bits per heavy atom. The molecule has 1 heterocycles. The SMILES string of the molecule is Cc1cccc(NC2(C#N)CCCS(=O)(=O)C2)c1. The molecule has 1 saturated heterocycles. The fourth-order valence-corrected chi connectivity index (χ4v) is 4.09. The molecular weight excluding hydrogens is 248 g/mol. The third-order valence-corrected chi connectivity index (χ3v) is 4.98. The van der Waals surface area contributed by atoms with Gasteiger partial charge in [0.1, 0.15) is 5.54 Å². The number of hydrogen-bond acceptors (Lipinski definition) is 4. The molecule has 96 valence electrons. The Hall–Kier alpha value is -1.54. The lowest BCUT2D eigenvalue weighted by Crippen LogP contribution is -2.47. The van der Waals surface area contributed by atoms with E-state index < -0.39 is 15.4 Å². The van der Waals surface area contributed by atoms with Crippen molar-refractivity contribution in [2.24, 2.45) is 0 Å². The zero-order chi connectivity index (χ0) is 13.2. The van der Waals surface area contributed by atoms with E-state index in [4.69, 9.17) is 0 Å². The molecule has 1 aliphatic heterocycles. The molecule has 1 aromatic carbocycles. The Balaban J connectivity index is 2.27. The summed E-state index contributed by atoms with van der Waals surface area (Å²) in [6.45, 7) is 1.96. The fraction of sp³-hybridized carbons (Fsp3) is 0.462. The zero-order valence-electron chi connectivity index (χ0n) is 10.3. The van der Waals surface area contributed by atoms with Crippen LogP contribution in [0.3, 0.4) is 0 Å². The van der Waals surface area contributed by atoms with Gasteiger partial charge in [-0.15, -0.1) is 0 Å². The van der Waals surface area contributed by atoms with Crippen molar-refractivity contribution in [2.75, 3.05) is 16.8 Å². The number of nitrogens with zero attached hydrogens (tertiary/aromatic N) is 1. The molecule has 0 aromatic heterocycles. The van der Waals surface area contributed by atoms with Gasteiger partial charge in [-0.1, -0.05) is 12.1 Å². The van der Waals surface area contributed by atoms with Crippen molar-refractivity contribution in [3.63, 3.8) is 0 Å². The van der Waals surface area contributed by atoms with Crippen molar-refractivity contribution in [1.29, 1.82) is 5.26 Å². The van der Waals surface area contributed by atoms with Crippen LogP contribution in [0.4, 0.5) is 5.69 Å². The quantitative estimate of drug-likeness (QED) is 0.885. The number of nitrogens with one attached hydrogen (secondary N) is 1. The average Bonchev–Trinajstić information content (AvgIpc) is 2.27. The summed E-state index contributed by atoms with van der Waals surface area (Å²) >= 11 is 0. The molecule has 1 unspecified atom stereocenters. The molecule has 2 rings (SSSR count). The van der Waals surface area contributed by atoms with Crippen LogP contribution in [-0.2, 0) is 9.84 Å². The summed E-state index contributed by atoms with van der Waals surface area (Å²) in [4.78, 5) is 0. The van der Waals surface area contributed by atoms with E-state index >= 15 is 0 Å². The van der Waals surface area contributed by atoms with Crippen LogP contribution in [-0.4, -0.2) is 25.5 Å². The average molecular weight is 264 g/mol. The summed E-state index contributed by atoms with van der Waals surface area (Å²) in [5, 5.41) is 12.4. The van der Waals surface area contributed by atoms with E-state index in [1.807, 2.05) is 31.2 Å². The van der Waals surface area contributed by atoms with Crippen molar-refractivity contribution >= 4 is 15.5 Å². The number of anilines is 1. The Morgan fingerprint density at radius 2 is 2.22 bits per heavy atom. The standard InChI is InChI=1S/C13H16N2O2S/c1-11-4-2-5-12(8-11)15-13(9-14)6-3-7-18(16,17)10-13/h2,4-5,8,15H,3,6-7,10H2,1H3. The molecule has 0 radical (unpaired) electrons. The highest BCUT2D eigenvalue weighted by atomic mass is 32.2. The molecule has 1 aromatic rings. The molecule has 1 atom stereocenters. The highest BCUT2D eigenvalue weighted by molar-refractivity contribution is 7.91. The van der Waals surface area contributed by atoms with Crippen LogP contribution in [0.5, 0.6) is 0 Å². The first-order chi connectivity index (χ1) is 8.45. The van der Waals surface area contributed by atoms with E-state index in [0.29, 0.717) is 12.8 Å². The molecule has 0 saturated carbocycles. The fourth-order valence-electron chi connectivity index (χ4n) is 2.33. The number of sulfone groups is 1. The lowest BCUT2D eigenvalue weighted by molar-refractivity contribution is 0.519. The van der Waals surface area contributed by atoms with Gasteiger partial charge in [0.25, 0.3) is 0 Å². The smallest absolute Gasteiger partial charge is 0.153 e. The predicted octanol–water partition coefficient (Wildman–Crippen LogP) is 1.88. The summed E-state index contributed by atoms with van der Waals surface area (Å²) in [5.74, 6) is 0.0797. The third-order valence-electron chi connectivity index (χ3n) is 3.14. The second-order valence-electron chi connectivity index (χ2n) is 4.88. The van der Waals surface area contributed by atoms with Gasteiger partial charge in [-0.05, 0) is 37.5 Å². The Labute approximate surface area is 108 Å². The van der Waals surface area contributed by atoms with Gasteiger partial charge in [0.15, 0.2) is 9.84 Å².